The van der Waals surface area contributed by atoms with Crippen LogP contribution >= 0.6 is 0 Å². The Morgan fingerprint density at radius 3 is 2.18 bits per heavy atom. The van der Waals surface area contributed by atoms with Crippen LogP contribution in [0, 0.1) is 0 Å². The summed E-state index contributed by atoms with van der Waals surface area (Å²) < 4.78 is 10.1. The first-order chi connectivity index (χ1) is 16.0. The average Bonchev–Trinajstić information content (AvgIpc) is 2.76. The molecule has 0 aromatic heterocycles. The molecule has 0 radical (unpaired) electrons. The van der Waals surface area contributed by atoms with Crippen molar-refractivity contribution in [2.24, 2.45) is 0 Å². The number of hydrogen-bond acceptors (Lipinski definition) is 6. The van der Waals surface area contributed by atoms with E-state index in [4.69, 9.17) is 9.47 Å². The molecule has 1 rings (SSSR count). The number of nitrogens with one attached hydrogen (secondary N) is 2. The molecule has 3 amide bonds. The van der Waals surface area contributed by atoms with Crippen LogP contribution in [0.5, 0.6) is 0 Å². The zero-order valence-electron chi connectivity index (χ0n) is 21.2. The van der Waals surface area contributed by atoms with Gasteiger partial charge in [0.2, 0.25) is 11.8 Å². The first-order valence-electron chi connectivity index (χ1n) is 11.8. The lowest BCUT2D eigenvalue weighted by atomic mass is 10.0. The third-order valence-corrected chi connectivity index (χ3v) is 4.77. The normalized spacial score (nSPS) is 11.8. The van der Waals surface area contributed by atoms with Crippen LogP contribution in [0.25, 0.3) is 0 Å². The van der Waals surface area contributed by atoms with E-state index in [-0.39, 0.29) is 26.1 Å². The Bertz CT molecular complexity index is 817. The number of aryl methyl sites for hydroxylation is 1. The molecule has 0 fully saturated rings. The Kier molecular flexibility index (Phi) is 12.1. The van der Waals surface area contributed by atoms with Crippen LogP contribution in [-0.4, -0.2) is 60.6 Å². The molecule has 190 valence electrons. The molecule has 0 aliphatic carbocycles. The number of nitrogens with zero attached hydrogens (tertiary/aromatic N) is 1. The van der Waals surface area contributed by atoms with E-state index in [1.807, 2.05) is 38.1 Å². The van der Waals surface area contributed by atoms with Crippen molar-refractivity contribution >= 4 is 23.9 Å². The molecule has 0 saturated carbocycles. The molecule has 0 aliphatic rings. The summed E-state index contributed by atoms with van der Waals surface area (Å²) in [5, 5.41) is 5.21. The molecular formula is C25H39N3O6. The van der Waals surface area contributed by atoms with E-state index < -0.39 is 35.5 Å². The molecule has 0 aliphatic heterocycles. The van der Waals surface area contributed by atoms with Crippen LogP contribution in [0.3, 0.4) is 0 Å². The summed E-state index contributed by atoms with van der Waals surface area (Å²) in [5.41, 5.74) is 1.05. The highest BCUT2D eigenvalue weighted by Gasteiger charge is 2.31. The van der Waals surface area contributed by atoms with Gasteiger partial charge in [0.25, 0.3) is 0 Å². The van der Waals surface area contributed by atoms with Crippen molar-refractivity contribution in [3.8, 4) is 0 Å². The second-order valence-corrected chi connectivity index (χ2v) is 8.79. The highest BCUT2D eigenvalue weighted by Crippen LogP contribution is 2.23. The van der Waals surface area contributed by atoms with E-state index in [2.05, 4.69) is 10.6 Å². The van der Waals surface area contributed by atoms with Gasteiger partial charge in [-0.25, -0.2) is 4.79 Å². The first kappa shape index (κ1) is 28.9. The van der Waals surface area contributed by atoms with E-state index in [1.54, 1.807) is 27.7 Å². The summed E-state index contributed by atoms with van der Waals surface area (Å²) in [6.07, 6.45) is 0.773. The minimum atomic E-state index is -0.916. The third-order valence-electron chi connectivity index (χ3n) is 4.77. The number of esters is 1. The van der Waals surface area contributed by atoms with Crippen LogP contribution in [0.15, 0.2) is 24.3 Å². The zero-order valence-corrected chi connectivity index (χ0v) is 21.2. The number of hydrogen-bond donors (Lipinski definition) is 2. The van der Waals surface area contributed by atoms with Gasteiger partial charge in [-0.1, -0.05) is 38.1 Å². The second-order valence-electron chi connectivity index (χ2n) is 8.79. The Morgan fingerprint density at radius 1 is 1.00 bits per heavy atom. The summed E-state index contributed by atoms with van der Waals surface area (Å²) in [4.78, 5) is 51.4. The average molecular weight is 478 g/mol. The van der Waals surface area contributed by atoms with Gasteiger partial charge in [0.05, 0.1) is 13.0 Å². The van der Waals surface area contributed by atoms with Gasteiger partial charge in [0, 0.05) is 13.1 Å². The molecule has 1 atom stereocenters. The minimum absolute atomic E-state index is 0.0308. The summed E-state index contributed by atoms with van der Waals surface area (Å²) in [7, 11) is 0. The summed E-state index contributed by atoms with van der Waals surface area (Å²) in [6, 6.07) is 6.57. The molecule has 0 heterocycles. The topological polar surface area (TPSA) is 114 Å². The minimum Gasteiger partial charge on any atom is -0.466 e. The fourth-order valence-corrected chi connectivity index (χ4v) is 3.23. The fourth-order valence-electron chi connectivity index (χ4n) is 3.23. The van der Waals surface area contributed by atoms with Crippen molar-refractivity contribution in [3.05, 3.63) is 35.4 Å². The van der Waals surface area contributed by atoms with Crippen LogP contribution in [0.2, 0.25) is 0 Å². The van der Waals surface area contributed by atoms with Crippen LogP contribution in [-0.2, 0) is 30.3 Å². The van der Waals surface area contributed by atoms with Crippen LogP contribution < -0.4 is 10.6 Å². The van der Waals surface area contributed by atoms with E-state index >= 15 is 0 Å². The number of carbonyl (C=O) groups excluding carboxylic acids is 4. The van der Waals surface area contributed by atoms with Crippen LogP contribution in [0.1, 0.15) is 71.6 Å². The Labute approximate surface area is 202 Å². The lowest BCUT2D eigenvalue weighted by Crippen LogP contribution is -2.48. The molecule has 34 heavy (non-hydrogen) atoms. The maximum atomic E-state index is 13.2. The monoisotopic (exact) mass is 477 g/mol. The molecule has 2 N–H and O–H groups in total. The maximum absolute atomic E-state index is 13.2. The number of benzene rings is 1. The quantitative estimate of drug-likeness (QED) is 0.447. The maximum Gasteiger partial charge on any atom is 0.408 e. The van der Waals surface area contributed by atoms with E-state index in [9.17, 15) is 19.2 Å². The van der Waals surface area contributed by atoms with Crippen LogP contribution in [0.4, 0.5) is 4.79 Å². The van der Waals surface area contributed by atoms with Gasteiger partial charge < -0.3 is 25.0 Å². The van der Waals surface area contributed by atoms with Crippen molar-refractivity contribution < 1.29 is 28.7 Å². The van der Waals surface area contributed by atoms with Gasteiger partial charge in [-0.05, 0) is 51.7 Å². The molecule has 1 unspecified atom stereocenters. The lowest BCUT2D eigenvalue weighted by Gasteiger charge is -2.31. The van der Waals surface area contributed by atoms with E-state index in [1.165, 1.54) is 4.90 Å². The zero-order chi connectivity index (χ0) is 25.7. The van der Waals surface area contributed by atoms with Crippen molar-refractivity contribution in [1.29, 1.82) is 0 Å². The Morgan fingerprint density at radius 2 is 1.65 bits per heavy atom. The number of amides is 3. The fraction of sp³-hybridized carbons (Fsp3) is 0.600. The summed E-state index contributed by atoms with van der Waals surface area (Å²) in [5.74, 6) is -1.24. The number of carbonyl (C=O) groups is 4. The van der Waals surface area contributed by atoms with Gasteiger partial charge in [0.1, 0.15) is 18.2 Å². The molecule has 1 aromatic rings. The predicted octanol–water partition coefficient (Wildman–Crippen LogP) is 3.12. The molecule has 0 bridgehead atoms. The third kappa shape index (κ3) is 10.2. The smallest absolute Gasteiger partial charge is 0.408 e. The van der Waals surface area contributed by atoms with Crippen molar-refractivity contribution in [1.82, 2.24) is 15.5 Å². The number of alkyl carbamates (subject to hydrolysis) is 1. The number of rotatable bonds is 12. The molecule has 9 heteroatoms. The van der Waals surface area contributed by atoms with Gasteiger partial charge in [0.15, 0.2) is 0 Å². The Hall–Kier alpha value is -3.10. The second kappa shape index (κ2) is 14.2. The highest BCUT2D eigenvalue weighted by molar-refractivity contribution is 5.90. The van der Waals surface area contributed by atoms with Gasteiger partial charge in [-0.15, -0.1) is 0 Å². The van der Waals surface area contributed by atoms with Crippen molar-refractivity contribution in [3.63, 3.8) is 0 Å². The largest absolute Gasteiger partial charge is 0.466 e. The first-order valence-corrected chi connectivity index (χ1v) is 11.8. The highest BCUT2D eigenvalue weighted by atomic mass is 16.6. The Balaban J connectivity index is 3.07. The summed E-state index contributed by atoms with van der Waals surface area (Å²) in [6.45, 7) is 11.2. The van der Waals surface area contributed by atoms with E-state index in [0.717, 1.165) is 12.0 Å². The van der Waals surface area contributed by atoms with Gasteiger partial charge in [-0.3, -0.25) is 14.4 Å². The van der Waals surface area contributed by atoms with Crippen molar-refractivity contribution in [2.75, 3.05) is 26.2 Å². The summed E-state index contributed by atoms with van der Waals surface area (Å²) >= 11 is 0. The standard InChI is InChI=1S/C25H39N3O6/c1-7-16-28(20(29)17-27-24(32)34-25(4,5)6)22(19-12-10-18(8-2)11-13-19)23(31)26-15-14-21(30)33-9-3/h10-13,22H,7-9,14-17H2,1-6H3,(H,26,31)(H,27,32). The van der Waals surface area contributed by atoms with Crippen molar-refractivity contribution in [2.45, 2.75) is 72.4 Å². The molecule has 0 spiro atoms. The number of ether oxygens (including phenoxy) is 2. The molecule has 9 nitrogen and oxygen atoms in total. The van der Waals surface area contributed by atoms with Gasteiger partial charge >= 0.3 is 12.1 Å². The molecular weight excluding hydrogens is 438 g/mol. The predicted molar refractivity (Wildman–Crippen MR) is 129 cm³/mol. The van der Waals surface area contributed by atoms with E-state index in [0.29, 0.717) is 18.5 Å². The molecule has 0 saturated heterocycles. The lowest BCUT2D eigenvalue weighted by molar-refractivity contribution is -0.143. The van der Waals surface area contributed by atoms with Gasteiger partial charge in [-0.2, -0.15) is 0 Å². The molecule has 1 aromatic carbocycles. The SMILES string of the molecule is CCCN(C(=O)CNC(=O)OC(C)(C)C)C(C(=O)NCCC(=O)OCC)c1ccc(CC)cc1.